The first-order valence-electron chi connectivity index (χ1n) is 17.1. The highest BCUT2D eigenvalue weighted by molar-refractivity contribution is 6.01. The van der Waals surface area contributed by atoms with E-state index in [2.05, 4.69) is 26.6 Å². The fourth-order valence-electron chi connectivity index (χ4n) is 5.18. The Bertz CT molecular complexity index is 1550. The minimum absolute atomic E-state index is 0.119. The molecule has 0 radical (unpaired) electrons. The Hall–Kier alpha value is -5.71. The van der Waals surface area contributed by atoms with Gasteiger partial charge in [0.05, 0.1) is 26.1 Å². The number of aromatic nitrogens is 1. The molecule has 0 saturated carbocycles. The second kappa shape index (κ2) is 22.2. The second-order valence-electron chi connectivity index (χ2n) is 12.0. The monoisotopic (exact) mass is 723 g/mol. The van der Waals surface area contributed by atoms with E-state index in [1.54, 1.807) is 30.3 Å². The lowest BCUT2D eigenvalue weighted by atomic mass is 10.1. The molecular weight excluding hydrogens is 676 g/mol. The van der Waals surface area contributed by atoms with Crippen molar-refractivity contribution in [1.82, 2.24) is 31.5 Å². The lowest BCUT2D eigenvalue weighted by Crippen LogP contribution is -2.52. The van der Waals surface area contributed by atoms with Gasteiger partial charge in [-0.15, -0.1) is 0 Å². The first-order chi connectivity index (χ1) is 25.0. The molecule has 7 N–H and O–H groups in total. The highest BCUT2D eigenvalue weighted by Gasteiger charge is 2.29. The molecule has 2 heterocycles. The van der Waals surface area contributed by atoms with Crippen molar-refractivity contribution in [3.8, 4) is 0 Å². The summed E-state index contributed by atoms with van der Waals surface area (Å²) in [7, 11) is 0. The maximum Gasteiger partial charge on any atom is 0.243 e. The number of ether oxygens (including phenoxy) is 1. The Kier molecular flexibility index (Phi) is 17.4. The van der Waals surface area contributed by atoms with Crippen LogP contribution >= 0.6 is 0 Å². The third-order valence-corrected chi connectivity index (χ3v) is 7.92. The lowest BCUT2D eigenvalue weighted by molar-refractivity contribution is -0.704. The number of imide groups is 1. The third-order valence-electron chi connectivity index (χ3n) is 7.92. The Morgan fingerprint density at radius 3 is 2.15 bits per heavy atom. The average Bonchev–Trinajstić information content (AvgIpc) is 3.45. The van der Waals surface area contributed by atoms with Gasteiger partial charge in [-0.1, -0.05) is 36.4 Å². The largest absolute Gasteiger partial charge is 0.370 e. The molecule has 17 heteroatoms. The van der Waals surface area contributed by atoms with Crippen molar-refractivity contribution in [2.75, 3.05) is 39.5 Å². The van der Waals surface area contributed by atoms with E-state index in [4.69, 9.17) is 10.5 Å². The third kappa shape index (κ3) is 15.5. The van der Waals surface area contributed by atoms with Crippen LogP contribution in [0.2, 0.25) is 0 Å². The molecule has 280 valence electrons. The SMILES string of the molecule is NC(=O)CCCOCNC(=O)CNC(=O)C(Cc1ccccc1)NC(=O)CNC(=O)CNC(=O)CCC[n+]1ccccc1CCN1C(=O)CCC1=O. The fourth-order valence-corrected chi connectivity index (χ4v) is 5.18. The van der Waals surface area contributed by atoms with Gasteiger partial charge in [-0.3, -0.25) is 43.3 Å². The number of nitrogens with one attached hydrogen (secondary N) is 5. The van der Waals surface area contributed by atoms with E-state index in [9.17, 15) is 38.4 Å². The summed E-state index contributed by atoms with van der Waals surface area (Å²) in [5.74, 6) is -3.55. The van der Waals surface area contributed by atoms with Crippen molar-refractivity contribution in [3.63, 3.8) is 0 Å². The minimum atomic E-state index is -1.06. The summed E-state index contributed by atoms with van der Waals surface area (Å²) in [5, 5.41) is 12.5. The minimum Gasteiger partial charge on any atom is -0.370 e. The molecule has 1 unspecified atom stereocenters. The van der Waals surface area contributed by atoms with Gasteiger partial charge in [0.15, 0.2) is 11.9 Å². The molecule has 1 aliphatic rings. The van der Waals surface area contributed by atoms with Crippen LogP contribution in [-0.2, 0) is 62.5 Å². The summed E-state index contributed by atoms with van der Waals surface area (Å²) in [5.41, 5.74) is 6.72. The number of nitrogens with two attached hydrogens (primary N) is 1. The number of hydrogen-bond donors (Lipinski definition) is 6. The van der Waals surface area contributed by atoms with Gasteiger partial charge in [-0.2, -0.15) is 0 Å². The van der Waals surface area contributed by atoms with E-state index < -0.39 is 42.1 Å². The first-order valence-corrected chi connectivity index (χ1v) is 17.1. The van der Waals surface area contributed by atoms with Gasteiger partial charge >= 0.3 is 0 Å². The molecule has 2 aromatic rings. The smallest absolute Gasteiger partial charge is 0.243 e. The first kappa shape index (κ1) is 40.7. The molecule has 3 rings (SSSR count). The molecule has 0 bridgehead atoms. The Balaban J connectivity index is 1.36. The number of carbonyl (C=O) groups is 8. The van der Waals surface area contributed by atoms with E-state index >= 15 is 0 Å². The Morgan fingerprint density at radius 1 is 0.769 bits per heavy atom. The van der Waals surface area contributed by atoms with Crippen molar-refractivity contribution in [2.24, 2.45) is 5.73 Å². The molecule has 0 spiro atoms. The van der Waals surface area contributed by atoms with Gasteiger partial charge in [0.2, 0.25) is 47.3 Å². The Labute approximate surface area is 301 Å². The number of pyridine rings is 1. The highest BCUT2D eigenvalue weighted by atomic mass is 16.5. The van der Waals surface area contributed by atoms with Crippen LogP contribution in [0.15, 0.2) is 54.7 Å². The van der Waals surface area contributed by atoms with Crippen molar-refractivity contribution in [2.45, 2.75) is 64.0 Å². The van der Waals surface area contributed by atoms with Crippen LogP contribution in [0.3, 0.4) is 0 Å². The van der Waals surface area contributed by atoms with E-state index in [1.807, 2.05) is 29.0 Å². The van der Waals surface area contributed by atoms with Gasteiger partial charge in [-0.05, 0) is 12.0 Å². The summed E-state index contributed by atoms with van der Waals surface area (Å²) in [4.78, 5) is 98.4. The van der Waals surface area contributed by atoms with Crippen molar-refractivity contribution < 1.29 is 47.7 Å². The molecule has 17 nitrogen and oxygen atoms in total. The van der Waals surface area contributed by atoms with Gasteiger partial charge in [-0.25, -0.2) is 4.57 Å². The lowest BCUT2D eigenvalue weighted by Gasteiger charge is -2.19. The van der Waals surface area contributed by atoms with Gasteiger partial charge < -0.3 is 37.1 Å². The van der Waals surface area contributed by atoms with Crippen LogP contribution in [0.1, 0.15) is 49.8 Å². The van der Waals surface area contributed by atoms with Crippen LogP contribution < -0.4 is 36.9 Å². The van der Waals surface area contributed by atoms with Crippen LogP contribution in [0, 0.1) is 0 Å². The molecule has 1 aliphatic heterocycles. The zero-order chi connectivity index (χ0) is 37.7. The predicted molar refractivity (Wildman–Crippen MR) is 184 cm³/mol. The fraction of sp³-hybridized carbons (Fsp3) is 0.457. The predicted octanol–water partition coefficient (Wildman–Crippen LogP) is -2.12. The zero-order valence-electron chi connectivity index (χ0n) is 29.0. The summed E-state index contributed by atoms with van der Waals surface area (Å²) in [6.07, 6.45) is 4.13. The van der Waals surface area contributed by atoms with Gasteiger partial charge in [0.1, 0.15) is 19.3 Å². The van der Waals surface area contributed by atoms with E-state index in [0.717, 1.165) is 11.3 Å². The molecule has 1 saturated heterocycles. The molecular formula is C35H47N8O9+. The quantitative estimate of drug-likeness (QED) is 0.0318. The van der Waals surface area contributed by atoms with Crippen LogP contribution in [0.25, 0.3) is 0 Å². The number of likely N-dealkylation sites (tertiary alicyclic amines) is 1. The van der Waals surface area contributed by atoms with E-state index in [0.29, 0.717) is 32.4 Å². The number of hydrogen-bond acceptors (Lipinski definition) is 9. The van der Waals surface area contributed by atoms with Crippen molar-refractivity contribution in [3.05, 3.63) is 66.0 Å². The summed E-state index contributed by atoms with van der Waals surface area (Å²) < 4.78 is 7.15. The van der Waals surface area contributed by atoms with Crippen LogP contribution in [-0.4, -0.2) is 97.7 Å². The molecule has 1 atom stereocenters. The van der Waals surface area contributed by atoms with Crippen LogP contribution in [0.4, 0.5) is 0 Å². The topological polar surface area (TPSA) is 239 Å². The van der Waals surface area contributed by atoms with Crippen LogP contribution in [0.5, 0.6) is 0 Å². The summed E-state index contributed by atoms with van der Waals surface area (Å²) >= 11 is 0. The molecule has 1 aromatic carbocycles. The van der Waals surface area contributed by atoms with E-state index in [1.165, 1.54) is 4.90 Å². The van der Waals surface area contributed by atoms with Crippen molar-refractivity contribution >= 4 is 47.3 Å². The summed E-state index contributed by atoms with van der Waals surface area (Å²) in [6.45, 7) is -0.289. The molecule has 1 fully saturated rings. The maximum absolute atomic E-state index is 12.9. The Morgan fingerprint density at radius 2 is 1.42 bits per heavy atom. The summed E-state index contributed by atoms with van der Waals surface area (Å²) in [6, 6.07) is 13.5. The molecule has 52 heavy (non-hydrogen) atoms. The standard InChI is InChI=1S/C35H46N8O9/c36-28(44)11-7-19-52-24-40-31(47)22-39-35(51)27(20-25-8-2-1-3-9-25)41-32(48)23-38-30(46)21-37-29(45)12-6-17-42-16-5-4-10-26(42)15-18-43-33(49)13-14-34(43)50/h1-5,8-10,16,27H,6-7,11-15,17-24H2,(H6-,36,37,38,39,40,41,44,45,46,47,48,51)/p+1. The van der Waals surface area contributed by atoms with Crippen molar-refractivity contribution in [1.29, 1.82) is 0 Å². The number of amides is 8. The van der Waals surface area contributed by atoms with E-state index in [-0.39, 0.29) is 76.3 Å². The second-order valence-corrected chi connectivity index (χ2v) is 12.0. The van der Waals surface area contributed by atoms with Gasteiger partial charge in [0, 0.05) is 63.8 Å². The number of carbonyl (C=O) groups excluding carboxylic acids is 8. The molecule has 0 aliphatic carbocycles. The maximum atomic E-state index is 12.9. The molecule has 8 amide bonds. The number of aryl methyl sites for hydroxylation is 1. The number of primary amides is 1. The van der Waals surface area contributed by atoms with Gasteiger partial charge in [0.25, 0.3) is 0 Å². The molecule has 1 aromatic heterocycles. The highest BCUT2D eigenvalue weighted by Crippen LogP contribution is 2.12. The number of rotatable bonds is 23. The number of benzene rings is 1. The zero-order valence-corrected chi connectivity index (χ0v) is 29.0. The normalized spacial score (nSPS) is 12.9. The number of nitrogens with zero attached hydrogens (tertiary/aromatic N) is 2. The average molecular weight is 724 g/mol.